The van der Waals surface area contributed by atoms with Crippen molar-refractivity contribution in [1.29, 1.82) is 0 Å². The average molecular weight is 209 g/mol. The van der Waals surface area contributed by atoms with Crippen LogP contribution in [0.15, 0.2) is 5.38 Å². The van der Waals surface area contributed by atoms with Crippen molar-refractivity contribution in [2.45, 2.75) is 19.0 Å². The van der Waals surface area contributed by atoms with E-state index in [0.29, 0.717) is 17.6 Å². The van der Waals surface area contributed by atoms with Crippen LogP contribution in [0.3, 0.4) is 0 Å². The Morgan fingerprint density at radius 3 is 2.62 bits per heavy atom. The van der Waals surface area contributed by atoms with Gasteiger partial charge in [0.1, 0.15) is 6.29 Å². The summed E-state index contributed by atoms with van der Waals surface area (Å²) in [6, 6.07) is 0. The topological polar surface area (TPSA) is 30.0 Å². The molecule has 0 saturated heterocycles. The molecule has 0 aromatic carbocycles. The van der Waals surface area contributed by atoms with E-state index in [1.807, 2.05) is 0 Å². The van der Waals surface area contributed by atoms with Gasteiger partial charge in [-0.25, -0.2) is 4.98 Å². The highest BCUT2D eigenvalue weighted by atomic mass is 32.1. The van der Waals surface area contributed by atoms with Crippen LogP contribution in [0, 0.1) is 0 Å². The zero-order valence-electron chi connectivity index (χ0n) is 6.63. The number of alkyl halides is 3. The van der Waals surface area contributed by atoms with Crippen molar-refractivity contribution in [2.24, 2.45) is 0 Å². The van der Waals surface area contributed by atoms with Gasteiger partial charge in [0.25, 0.3) is 0 Å². The Morgan fingerprint density at radius 1 is 1.62 bits per heavy atom. The highest BCUT2D eigenvalue weighted by Crippen LogP contribution is 2.32. The molecule has 1 aromatic rings. The molecule has 0 aliphatic rings. The lowest BCUT2D eigenvalue weighted by Crippen LogP contribution is -2.05. The molecule has 0 unspecified atom stereocenters. The lowest BCUT2D eigenvalue weighted by Gasteiger charge is -2.00. The summed E-state index contributed by atoms with van der Waals surface area (Å²) < 4.78 is 36.1. The number of nitrogens with zero attached hydrogens (tertiary/aromatic N) is 1. The van der Waals surface area contributed by atoms with Crippen molar-refractivity contribution >= 4 is 17.6 Å². The van der Waals surface area contributed by atoms with E-state index < -0.39 is 17.1 Å². The fraction of sp³-hybridized carbons (Fsp3) is 0.429. The van der Waals surface area contributed by atoms with Gasteiger partial charge >= 0.3 is 6.18 Å². The summed E-state index contributed by atoms with van der Waals surface area (Å²) in [6.45, 7) is 1.50. The van der Waals surface area contributed by atoms with Crippen molar-refractivity contribution in [2.75, 3.05) is 0 Å². The molecular weight excluding hydrogens is 203 g/mol. The van der Waals surface area contributed by atoms with Gasteiger partial charge in [-0.3, -0.25) is 0 Å². The molecule has 0 N–H and O–H groups in total. The zero-order valence-corrected chi connectivity index (χ0v) is 7.45. The number of rotatable bonds is 2. The van der Waals surface area contributed by atoms with Crippen LogP contribution in [0.25, 0.3) is 0 Å². The summed E-state index contributed by atoms with van der Waals surface area (Å²) in [5, 5.41) is 0.346. The lowest BCUT2D eigenvalue weighted by atomic mass is 10.1. The molecule has 13 heavy (non-hydrogen) atoms. The van der Waals surface area contributed by atoms with Crippen LogP contribution in [-0.4, -0.2) is 11.3 Å². The van der Waals surface area contributed by atoms with Crippen molar-refractivity contribution in [3.05, 3.63) is 16.1 Å². The molecule has 0 radical (unpaired) electrons. The number of hydrogen-bond acceptors (Lipinski definition) is 3. The molecular formula is C7H6F3NOS. The quantitative estimate of drug-likeness (QED) is 0.700. The molecule has 0 amide bonds. The Hall–Kier alpha value is -0.910. The molecule has 2 nitrogen and oxygen atoms in total. The highest BCUT2D eigenvalue weighted by Gasteiger charge is 2.34. The van der Waals surface area contributed by atoms with Gasteiger partial charge in [0.05, 0.1) is 11.6 Å². The van der Waals surface area contributed by atoms with E-state index in [2.05, 4.69) is 4.98 Å². The van der Waals surface area contributed by atoms with Crippen LogP contribution >= 0.6 is 11.3 Å². The van der Waals surface area contributed by atoms with Crippen molar-refractivity contribution < 1.29 is 18.0 Å². The summed E-state index contributed by atoms with van der Waals surface area (Å²) in [4.78, 5) is 13.6. The summed E-state index contributed by atoms with van der Waals surface area (Å²) in [5.74, 6) is -0.577. The third kappa shape index (κ3) is 2.27. The average Bonchev–Trinajstić information content (AvgIpc) is 2.50. The molecule has 0 spiro atoms. The van der Waals surface area contributed by atoms with E-state index in [9.17, 15) is 18.0 Å². The van der Waals surface area contributed by atoms with Gasteiger partial charge in [0.2, 0.25) is 0 Å². The van der Waals surface area contributed by atoms with E-state index in [0.717, 1.165) is 0 Å². The number of hydrogen-bond donors (Lipinski definition) is 0. The number of thiazole rings is 1. The Kier molecular flexibility index (Phi) is 2.70. The molecule has 0 saturated carbocycles. The van der Waals surface area contributed by atoms with Gasteiger partial charge in [0.15, 0.2) is 5.01 Å². The number of carbonyl (C=O) groups excluding carboxylic acids is 1. The standard InChI is InChI=1S/C7H6F3NOS/c1-4(2-12)5-3-13-6(11-5)7(8,9)10/h2-4H,1H3/t4-/m0/s1. The highest BCUT2D eigenvalue weighted by molar-refractivity contribution is 7.09. The van der Waals surface area contributed by atoms with E-state index in [-0.39, 0.29) is 5.69 Å². The van der Waals surface area contributed by atoms with Gasteiger partial charge in [-0.2, -0.15) is 13.2 Å². The van der Waals surface area contributed by atoms with Crippen molar-refractivity contribution in [3.8, 4) is 0 Å². The first-order valence-corrected chi connectivity index (χ1v) is 4.31. The summed E-state index contributed by atoms with van der Waals surface area (Å²) >= 11 is 0.505. The van der Waals surface area contributed by atoms with Crippen LogP contribution in [0.2, 0.25) is 0 Å². The van der Waals surface area contributed by atoms with E-state index in [4.69, 9.17) is 0 Å². The molecule has 1 atom stereocenters. The third-order valence-corrected chi connectivity index (χ3v) is 2.34. The molecule has 0 aliphatic heterocycles. The fourth-order valence-electron chi connectivity index (χ4n) is 0.695. The van der Waals surface area contributed by atoms with Crippen LogP contribution in [0.4, 0.5) is 13.2 Å². The summed E-state index contributed by atoms with van der Waals surface area (Å²) in [6.07, 6.45) is -3.85. The number of aldehydes is 1. The molecule has 1 rings (SSSR count). The van der Waals surface area contributed by atoms with Gasteiger partial charge in [-0.15, -0.1) is 11.3 Å². The Balaban J connectivity index is 2.93. The molecule has 0 bridgehead atoms. The van der Waals surface area contributed by atoms with Crippen LogP contribution in [0.5, 0.6) is 0 Å². The number of halogens is 3. The van der Waals surface area contributed by atoms with Gasteiger partial charge in [-0.05, 0) is 0 Å². The van der Waals surface area contributed by atoms with Crippen LogP contribution in [0.1, 0.15) is 23.5 Å². The minimum absolute atomic E-state index is 0.173. The van der Waals surface area contributed by atoms with E-state index in [1.165, 1.54) is 12.3 Å². The molecule has 6 heteroatoms. The maximum absolute atomic E-state index is 12.0. The number of carbonyl (C=O) groups is 1. The normalized spacial score (nSPS) is 14.2. The van der Waals surface area contributed by atoms with Gasteiger partial charge < -0.3 is 4.79 Å². The second-order valence-electron chi connectivity index (χ2n) is 2.50. The van der Waals surface area contributed by atoms with Crippen LogP contribution < -0.4 is 0 Å². The fourth-order valence-corrected chi connectivity index (χ4v) is 1.49. The third-order valence-electron chi connectivity index (χ3n) is 1.44. The summed E-state index contributed by atoms with van der Waals surface area (Å²) in [7, 11) is 0. The maximum atomic E-state index is 12.0. The monoisotopic (exact) mass is 209 g/mol. The maximum Gasteiger partial charge on any atom is 0.443 e. The Labute approximate surface area is 76.4 Å². The number of aromatic nitrogens is 1. The molecule has 1 heterocycles. The van der Waals surface area contributed by atoms with E-state index >= 15 is 0 Å². The van der Waals surface area contributed by atoms with Crippen molar-refractivity contribution in [1.82, 2.24) is 4.98 Å². The lowest BCUT2D eigenvalue weighted by molar-refractivity contribution is -0.137. The minimum atomic E-state index is -4.41. The largest absolute Gasteiger partial charge is 0.443 e. The van der Waals surface area contributed by atoms with Gasteiger partial charge in [-0.1, -0.05) is 6.92 Å². The predicted molar refractivity (Wildman–Crippen MR) is 41.6 cm³/mol. The Bertz CT molecular complexity index is 307. The molecule has 0 fully saturated rings. The van der Waals surface area contributed by atoms with Crippen molar-refractivity contribution in [3.63, 3.8) is 0 Å². The second kappa shape index (κ2) is 3.45. The SMILES string of the molecule is C[C@@H](C=O)c1csc(C(F)(F)F)n1. The molecule has 1 aromatic heterocycles. The Morgan fingerprint density at radius 2 is 2.23 bits per heavy atom. The zero-order chi connectivity index (χ0) is 10.1. The van der Waals surface area contributed by atoms with Crippen LogP contribution in [-0.2, 0) is 11.0 Å². The smallest absolute Gasteiger partial charge is 0.303 e. The second-order valence-corrected chi connectivity index (χ2v) is 3.36. The summed E-state index contributed by atoms with van der Waals surface area (Å²) in [5.41, 5.74) is 0.173. The first-order chi connectivity index (χ1) is 5.95. The predicted octanol–water partition coefficient (Wildman–Crippen LogP) is 2.46. The molecule has 0 aliphatic carbocycles. The van der Waals surface area contributed by atoms with Gasteiger partial charge in [0, 0.05) is 5.38 Å². The van der Waals surface area contributed by atoms with E-state index in [1.54, 1.807) is 0 Å². The minimum Gasteiger partial charge on any atom is -0.303 e. The first kappa shape index (κ1) is 10.2. The first-order valence-electron chi connectivity index (χ1n) is 3.43. The molecule has 72 valence electrons.